The normalized spacial score (nSPS) is 22.5. The quantitative estimate of drug-likeness (QED) is 0.598. The summed E-state index contributed by atoms with van der Waals surface area (Å²) in [7, 11) is 0. The molecular formula is C18H18N2O2. The van der Waals surface area contributed by atoms with Gasteiger partial charge in [-0.3, -0.25) is 4.79 Å². The molecule has 1 aliphatic heterocycles. The van der Waals surface area contributed by atoms with Gasteiger partial charge in [-0.15, -0.1) is 0 Å². The summed E-state index contributed by atoms with van der Waals surface area (Å²) < 4.78 is 56.6. The molecule has 22 heavy (non-hydrogen) atoms. The number of pyridine rings is 1. The zero-order valence-electron chi connectivity index (χ0n) is 18.7. The molecule has 0 amide bonds. The van der Waals surface area contributed by atoms with Crippen LogP contribution in [0.3, 0.4) is 0 Å². The molecule has 0 saturated carbocycles. The predicted octanol–water partition coefficient (Wildman–Crippen LogP) is 3.35. The molecule has 3 aromatic rings. The van der Waals surface area contributed by atoms with Crippen LogP contribution in [0.2, 0.25) is 0 Å². The first-order valence-electron chi connectivity index (χ1n) is 9.98. The van der Waals surface area contributed by atoms with Gasteiger partial charge in [-0.25, -0.2) is 0 Å². The second kappa shape index (κ2) is 3.96. The van der Waals surface area contributed by atoms with Gasteiger partial charge < -0.3 is 9.14 Å². The van der Waals surface area contributed by atoms with Gasteiger partial charge in [-0.05, 0) is 39.1 Å². The highest BCUT2D eigenvalue weighted by atomic mass is 16.5. The van der Waals surface area contributed by atoms with Gasteiger partial charge in [-0.2, -0.15) is 4.98 Å². The van der Waals surface area contributed by atoms with Crippen molar-refractivity contribution in [1.29, 1.82) is 0 Å². The fourth-order valence-electron chi connectivity index (χ4n) is 3.33. The molecule has 4 rings (SSSR count). The van der Waals surface area contributed by atoms with Crippen molar-refractivity contribution in [2.75, 3.05) is 0 Å². The van der Waals surface area contributed by atoms with Crippen molar-refractivity contribution < 1.29 is 13.0 Å². The molecule has 0 aliphatic carbocycles. The van der Waals surface area contributed by atoms with Crippen molar-refractivity contribution in [3.8, 4) is 0 Å². The fourth-order valence-corrected chi connectivity index (χ4v) is 3.33. The molecule has 0 unspecified atom stereocenters. The SMILES string of the molecule is [2H]c1c([2H])c([2H])c2c(c1[2H])c([2H])c([2H])n1c3c(c(=O)nc21)C(C)(C)OC3(C)C. The molecule has 0 atom stereocenters. The van der Waals surface area contributed by atoms with Crippen LogP contribution in [0.15, 0.2) is 41.2 Å². The van der Waals surface area contributed by atoms with E-state index in [4.69, 9.17) is 13.0 Å². The maximum Gasteiger partial charge on any atom is 0.279 e. The van der Waals surface area contributed by atoms with Crippen LogP contribution in [0.25, 0.3) is 16.4 Å². The lowest BCUT2D eigenvalue weighted by atomic mass is 9.96. The van der Waals surface area contributed by atoms with Crippen LogP contribution in [0.1, 0.15) is 47.2 Å². The summed E-state index contributed by atoms with van der Waals surface area (Å²) >= 11 is 0. The second-order valence-electron chi connectivity index (χ2n) is 6.41. The van der Waals surface area contributed by atoms with E-state index in [1.807, 2.05) is 0 Å². The van der Waals surface area contributed by atoms with Crippen LogP contribution in [-0.4, -0.2) is 9.38 Å². The molecule has 0 bridgehead atoms. The Labute approximate surface area is 136 Å². The van der Waals surface area contributed by atoms with Crippen molar-refractivity contribution in [2.24, 2.45) is 0 Å². The zero-order valence-corrected chi connectivity index (χ0v) is 12.7. The maximum atomic E-state index is 12.9. The van der Waals surface area contributed by atoms with E-state index >= 15 is 0 Å². The van der Waals surface area contributed by atoms with E-state index in [2.05, 4.69) is 4.98 Å². The van der Waals surface area contributed by atoms with E-state index in [1.165, 1.54) is 4.40 Å². The molecule has 3 heterocycles. The smallest absolute Gasteiger partial charge is 0.279 e. The van der Waals surface area contributed by atoms with E-state index in [9.17, 15) is 4.79 Å². The number of ether oxygens (including phenoxy) is 1. The Morgan fingerprint density at radius 3 is 2.64 bits per heavy atom. The fraction of sp³-hybridized carbons (Fsp3) is 0.333. The van der Waals surface area contributed by atoms with Crippen LogP contribution < -0.4 is 5.56 Å². The highest BCUT2D eigenvalue weighted by Crippen LogP contribution is 2.45. The molecule has 0 radical (unpaired) electrons. The topological polar surface area (TPSA) is 43.6 Å². The summed E-state index contributed by atoms with van der Waals surface area (Å²) in [4.78, 5) is 17.0. The first kappa shape index (κ1) is 8.44. The zero-order chi connectivity index (χ0) is 20.9. The molecule has 1 aliphatic rings. The van der Waals surface area contributed by atoms with Crippen LogP contribution in [0.5, 0.6) is 0 Å². The lowest BCUT2D eigenvalue weighted by Gasteiger charge is -2.24. The number of fused-ring (bicyclic) bond motifs is 5. The van der Waals surface area contributed by atoms with Crippen molar-refractivity contribution in [1.82, 2.24) is 9.38 Å². The van der Waals surface area contributed by atoms with E-state index in [0.717, 1.165) is 0 Å². The summed E-state index contributed by atoms with van der Waals surface area (Å²) in [5.74, 6) is 0. The van der Waals surface area contributed by atoms with Gasteiger partial charge in [0.25, 0.3) is 5.56 Å². The second-order valence-corrected chi connectivity index (χ2v) is 6.41. The molecule has 4 nitrogen and oxygen atoms in total. The largest absolute Gasteiger partial charge is 0.358 e. The Balaban J connectivity index is 2.42. The third kappa shape index (κ3) is 1.61. The molecule has 0 fully saturated rings. The Hall–Kier alpha value is -2.20. The molecular weight excluding hydrogens is 276 g/mol. The summed E-state index contributed by atoms with van der Waals surface area (Å²) in [6.07, 6.45) is -0.314. The average molecular weight is 300 g/mol. The van der Waals surface area contributed by atoms with Gasteiger partial charge in [-0.1, -0.05) is 24.2 Å². The van der Waals surface area contributed by atoms with Crippen molar-refractivity contribution in [3.63, 3.8) is 0 Å². The Morgan fingerprint density at radius 2 is 1.86 bits per heavy atom. The number of nitrogens with zero attached hydrogens (tertiary/aromatic N) is 2. The van der Waals surface area contributed by atoms with E-state index in [0.29, 0.717) is 5.69 Å². The average Bonchev–Trinajstić information content (AvgIpc) is 2.78. The molecule has 0 saturated heterocycles. The van der Waals surface area contributed by atoms with Crippen molar-refractivity contribution >= 4 is 16.4 Å². The highest BCUT2D eigenvalue weighted by Gasteiger charge is 2.47. The third-order valence-corrected chi connectivity index (χ3v) is 3.98. The van der Waals surface area contributed by atoms with E-state index in [-0.39, 0.29) is 34.2 Å². The summed E-state index contributed by atoms with van der Waals surface area (Å²) in [5.41, 5.74) is -1.91. The number of hydrogen-bond donors (Lipinski definition) is 0. The Morgan fingerprint density at radius 1 is 1.14 bits per heavy atom. The number of aromatic nitrogens is 2. The highest BCUT2D eigenvalue weighted by molar-refractivity contribution is 5.93. The molecule has 4 heteroatoms. The lowest BCUT2D eigenvalue weighted by molar-refractivity contribution is -0.106. The van der Waals surface area contributed by atoms with Crippen LogP contribution in [0, 0.1) is 0 Å². The first-order chi connectivity index (χ1) is 12.8. The number of benzene rings is 1. The monoisotopic (exact) mass is 300 g/mol. The molecule has 0 spiro atoms. The standard InChI is InChI=1S/C18H18N2O2/c1-17(2)13-14(18(3,4)22-17)20-10-9-11-7-5-6-8-12(11)15(20)19-16(13)21/h5-10H,1-4H3/i5D,6D,7D,8D,9D,10D. The summed E-state index contributed by atoms with van der Waals surface area (Å²) in [5, 5.41) is -0.175. The van der Waals surface area contributed by atoms with Crippen molar-refractivity contribution in [3.05, 3.63) is 58.0 Å². The molecule has 0 N–H and O–H groups in total. The van der Waals surface area contributed by atoms with E-state index < -0.39 is 40.9 Å². The number of hydrogen-bond acceptors (Lipinski definition) is 3. The van der Waals surface area contributed by atoms with Gasteiger partial charge in [0.2, 0.25) is 0 Å². The lowest BCUT2D eigenvalue weighted by Crippen LogP contribution is -2.26. The van der Waals surface area contributed by atoms with Crippen molar-refractivity contribution in [2.45, 2.75) is 38.9 Å². The third-order valence-electron chi connectivity index (χ3n) is 3.98. The minimum absolute atomic E-state index is 0.0487. The van der Waals surface area contributed by atoms with Gasteiger partial charge in [0.05, 0.1) is 25.1 Å². The van der Waals surface area contributed by atoms with Gasteiger partial charge >= 0.3 is 0 Å². The maximum absolute atomic E-state index is 12.9. The Kier molecular flexibility index (Phi) is 1.52. The minimum Gasteiger partial charge on any atom is -0.358 e. The molecule has 2 aromatic heterocycles. The predicted molar refractivity (Wildman–Crippen MR) is 86.1 cm³/mol. The summed E-state index contributed by atoms with van der Waals surface area (Å²) in [6, 6.07) is -2.17. The van der Waals surface area contributed by atoms with Crippen LogP contribution in [0.4, 0.5) is 0 Å². The first-order valence-corrected chi connectivity index (χ1v) is 6.98. The van der Waals surface area contributed by atoms with Crippen LogP contribution >= 0.6 is 0 Å². The summed E-state index contributed by atoms with van der Waals surface area (Å²) in [6.45, 7) is 6.96. The van der Waals surface area contributed by atoms with E-state index in [1.54, 1.807) is 27.7 Å². The number of rotatable bonds is 0. The van der Waals surface area contributed by atoms with Gasteiger partial charge in [0, 0.05) is 11.6 Å². The van der Waals surface area contributed by atoms with Gasteiger partial charge in [0.15, 0.2) is 0 Å². The molecule has 112 valence electrons. The minimum atomic E-state index is -0.967. The Bertz CT molecular complexity index is 1280. The molecule has 1 aromatic carbocycles. The van der Waals surface area contributed by atoms with Crippen LogP contribution in [-0.2, 0) is 15.9 Å². The van der Waals surface area contributed by atoms with Gasteiger partial charge in [0.1, 0.15) is 11.2 Å².